The lowest BCUT2D eigenvalue weighted by molar-refractivity contribution is -0.135. The first-order valence-corrected chi connectivity index (χ1v) is 16.6. The Hall–Kier alpha value is -4.93. The van der Waals surface area contributed by atoms with Gasteiger partial charge in [-0.15, -0.1) is 0 Å². The van der Waals surface area contributed by atoms with Crippen LogP contribution in [-0.2, 0) is 11.2 Å². The highest BCUT2D eigenvalue weighted by molar-refractivity contribution is 7.16. The zero-order chi connectivity index (χ0) is 32.7. The van der Waals surface area contributed by atoms with Gasteiger partial charge in [-0.3, -0.25) is 9.20 Å². The second-order valence-electron chi connectivity index (χ2n) is 12.0. The van der Waals surface area contributed by atoms with Gasteiger partial charge in [0.2, 0.25) is 11.9 Å². The lowest BCUT2D eigenvalue weighted by atomic mass is 10.1. The third kappa shape index (κ3) is 5.90. The van der Waals surface area contributed by atoms with Gasteiger partial charge < -0.3 is 19.8 Å². The number of fused-ring (bicyclic) bond motifs is 1. The topological polar surface area (TPSA) is 127 Å². The first-order valence-electron chi connectivity index (χ1n) is 15.8. The van der Waals surface area contributed by atoms with Crippen LogP contribution in [0.25, 0.3) is 28.0 Å². The summed E-state index contributed by atoms with van der Waals surface area (Å²) in [6, 6.07) is 12.2. The number of nitriles is 1. The van der Waals surface area contributed by atoms with Gasteiger partial charge in [-0.25, -0.2) is 24.3 Å². The van der Waals surface area contributed by atoms with Crippen molar-refractivity contribution in [2.24, 2.45) is 5.92 Å². The molecule has 1 aliphatic carbocycles. The molecular weight excluding hydrogens is 618 g/mol. The Kier molecular flexibility index (Phi) is 8.30. The highest BCUT2D eigenvalue weighted by Crippen LogP contribution is 2.37. The van der Waals surface area contributed by atoms with Gasteiger partial charge in [-0.05, 0) is 62.1 Å². The number of aliphatic hydroxyl groups is 1. The number of thiazole rings is 1. The van der Waals surface area contributed by atoms with Gasteiger partial charge in [-0.2, -0.15) is 5.26 Å². The number of aliphatic hydroxyl groups excluding tert-OH is 1. The van der Waals surface area contributed by atoms with E-state index in [2.05, 4.69) is 20.9 Å². The predicted molar refractivity (Wildman–Crippen MR) is 178 cm³/mol. The minimum Gasteiger partial charge on any atom is -0.393 e. The second kappa shape index (κ2) is 12.7. The normalized spacial score (nSPS) is 18.1. The summed E-state index contributed by atoms with van der Waals surface area (Å²) in [6.45, 7) is 4.59. The highest BCUT2D eigenvalue weighted by atomic mass is 32.1. The Balaban J connectivity index is 1.11. The fourth-order valence-electron chi connectivity index (χ4n) is 6.47. The van der Waals surface area contributed by atoms with Gasteiger partial charge in [0.25, 0.3) is 0 Å². The summed E-state index contributed by atoms with van der Waals surface area (Å²) in [5.74, 6) is 1.21. The average molecular weight is 652 g/mol. The van der Waals surface area contributed by atoms with E-state index >= 15 is 0 Å². The van der Waals surface area contributed by atoms with E-state index in [9.17, 15) is 19.6 Å². The van der Waals surface area contributed by atoms with Gasteiger partial charge in [0, 0.05) is 74.4 Å². The monoisotopic (exact) mass is 651 g/mol. The Bertz CT molecular complexity index is 1960. The highest BCUT2D eigenvalue weighted by Gasteiger charge is 2.33. The van der Waals surface area contributed by atoms with Crippen molar-refractivity contribution >= 4 is 39.8 Å². The zero-order valence-electron chi connectivity index (χ0n) is 26.2. The number of carbonyl (C=O) groups excluding carboxylic acids is 1. The molecule has 5 heterocycles. The number of aromatic nitrogens is 5. The largest absolute Gasteiger partial charge is 0.393 e. The Labute approximate surface area is 275 Å². The molecule has 1 aromatic carbocycles. The van der Waals surface area contributed by atoms with Crippen LogP contribution in [0.3, 0.4) is 0 Å². The lowest BCUT2D eigenvalue weighted by Gasteiger charge is -2.36. The van der Waals surface area contributed by atoms with Crippen LogP contribution < -0.4 is 9.80 Å². The van der Waals surface area contributed by atoms with Crippen molar-refractivity contribution in [3.8, 4) is 28.5 Å². The molecule has 1 saturated heterocycles. The summed E-state index contributed by atoms with van der Waals surface area (Å²) in [5, 5.41) is 20.3. The number of halogens is 1. The molecule has 1 aliphatic heterocycles. The number of benzene rings is 1. The van der Waals surface area contributed by atoms with E-state index in [4.69, 9.17) is 9.97 Å². The van der Waals surface area contributed by atoms with Crippen molar-refractivity contribution in [1.82, 2.24) is 29.2 Å². The van der Waals surface area contributed by atoms with Crippen LogP contribution >= 0.6 is 11.3 Å². The molecule has 2 aliphatic rings. The van der Waals surface area contributed by atoms with Crippen LogP contribution in [0.15, 0.2) is 55.0 Å². The molecule has 0 unspecified atom stereocenters. The average Bonchev–Trinajstić information content (AvgIpc) is 3.84. The first-order chi connectivity index (χ1) is 22.8. The van der Waals surface area contributed by atoms with Crippen molar-refractivity contribution in [2.45, 2.75) is 38.7 Å². The molecule has 5 aromatic rings. The SMILES string of the molecule is CCc1nc2ccc(-c3cnc(N4CCN(C(=O)[C@@H]5CC[C@@H](O)C5)CC4)nc3)cn2c1N(C)c1nc(-c2ccc(F)cc2)c(C#N)s1. The van der Waals surface area contributed by atoms with E-state index in [0.29, 0.717) is 72.7 Å². The molecule has 2 atom stereocenters. The molecule has 1 amide bonds. The van der Waals surface area contributed by atoms with E-state index in [1.165, 1.54) is 23.5 Å². The predicted octanol–water partition coefficient (Wildman–Crippen LogP) is 5.07. The summed E-state index contributed by atoms with van der Waals surface area (Å²) in [6.07, 6.45) is 8.01. The van der Waals surface area contributed by atoms with E-state index in [1.54, 1.807) is 12.1 Å². The fourth-order valence-corrected chi connectivity index (χ4v) is 7.32. The number of carbonyl (C=O) groups is 1. The maximum Gasteiger partial charge on any atom is 0.225 e. The number of hydrogen-bond donors (Lipinski definition) is 1. The third-order valence-electron chi connectivity index (χ3n) is 9.04. The van der Waals surface area contributed by atoms with Gasteiger partial charge >= 0.3 is 0 Å². The number of amides is 1. The number of hydrogen-bond acceptors (Lipinski definition) is 10. The first kappa shape index (κ1) is 30.7. The molecular formula is C34H34FN9O2S. The molecule has 0 radical (unpaired) electrons. The van der Waals surface area contributed by atoms with Gasteiger partial charge in [0.15, 0.2) is 5.13 Å². The fraction of sp³-hybridized carbons (Fsp3) is 0.353. The minimum absolute atomic E-state index is 0.0656. The molecule has 0 bridgehead atoms. The molecule has 11 nitrogen and oxygen atoms in total. The van der Waals surface area contributed by atoms with Crippen LogP contribution in [0.4, 0.5) is 21.3 Å². The van der Waals surface area contributed by atoms with Gasteiger partial charge in [0.1, 0.15) is 33.9 Å². The molecule has 0 spiro atoms. The molecule has 240 valence electrons. The number of pyridine rings is 1. The van der Waals surface area contributed by atoms with Crippen LogP contribution in [-0.4, -0.2) is 79.6 Å². The molecule has 1 N–H and O–H groups in total. The number of anilines is 3. The lowest BCUT2D eigenvalue weighted by Crippen LogP contribution is -2.50. The number of nitrogens with zero attached hydrogens (tertiary/aromatic N) is 9. The van der Waals surface area contributed by atoms with Crippen LogP contribution in [0, 0.1) is 23.1 Å². The van der Waals surface area contributed by atoms with Crippen LogP contribution in [0.2, 0.25) is 0 Å². The molecule has 4 aromatic heterocycles. The Morgan fingerprint density at radius 1 is 1.04 bits per heavy atom. The van der Waals surface area contributed by atoms with Crippen molar-refractivity contribution in [1.29, 1.82) is 5.26 Å². The summed E-state index contributed by atoms with van der Waals surface area (Å²) < 4.78 is 15.6. The van der Waals surface area contributed by atoms with Crippen molar-refractivity contribution in [2.75, 3.05) is 43.0 Å². The minimum atomic E-state index is -0.356. The molecule has 13 heteroatoms. The number of piperazine rings is 1. The maximum absolute atomic E-state index is 13.6. The Morgan fingerprint density at radius 2 is 1.77 bits per heavy atom. The third-order valence-corrected chi connectivity index (χ3v) is 10.1. The quantitative estimate of drug-likeness (QED) is 0.257. The summed E-state index contributed by atoms with van der Waals surface area (Å²) in [5.41, 5.74) is 4.63. The smallest absolute Gasteiger partial charge is 0.225 e. The Morgan fingerprint density at radius 3 is 2.43 bits per heavy atom. The van der Waals surface area contributed by atoms with Crippen molar-refractivity contribution < 1.29 is 14.3 Å². The van der Waals surface area contributed by atoms with Gasteiger partial charge in [0.05, 0.1) is 11.8 Å². The summed E-state index contributed by atoms with van der Waals surface area (Å²) >= 11 is 1.28. The van der Waals surface area contributed by atoms with Crippen molar-refractivity contribution in [3.63, 3.8) is 0 Å². The number of imidazole rings is 1. The van der Waals surface area contributed by atoms with Crippen molar-refractivity contribution in [3.05, 3.63) is 71.4 Å². The molecule has 47 heavy (non-hydrogen) atoms. The summed E-state index contributed by atoms with van der Waals surface area (Å²) in [4.78, 5) is 38.3. The van der Waals surface area contributed by atoms with Crippen LogP contribution in [0.5, 0.6) is 0 Å². The van der Waals surface area contributed by atoms with E-state index in [-0.39, 0.29) is 23.7 Å². The van der Waals surface area contributed by atoms with E-state index < -0.39 is 0 Å². The molecule has 2 fully saturated rings. The van der Waals surface area contributed by atoms with E-state index in [0.717, 1.165) is 34.7 Å². The second-order valence-corrected chi connectivity index (χ2v) is 13.0. The number of rotatable bonds is 7. The van der Waals surface area contributed by atoms with Gasteiger partial charge in [-0.1, -0.05) is 18.3 Å². The summed E-state index contributed by atoms with van der Waals surface area (Å²) in [7, 11) is 1.91. The van der Waals surface area contributed by atoms with Crippen LogP contribution in [0.1, 0.15) is 36.8 Å². The number of aryl methyl sites for hydroxylation is 1. The zero-order valence-corrected chi connectivity index (χ0v) is 27.0. The standard InChI is InChI=1S/C34H34FN9O2S/c1-3-27-31(41(2)34-40-30(28(17-36)47-34)21-4-8-25(35)9-5-21)44-20-23(7-11-29(44)39-27)24-18-37-33(38-19-24)43-14-12-42(13-15-43)32(46)22-6-10-26(45)16-22/h4-5,7-9,11,18-20,22,26,45H,3,6,10,12-16H2,1-2H3/t22-,26-/m1/s1. The van der Waals surface area contributed by atoms with E-state index in [1.807, 2.05) is 58.9 Å². The maximum atomic E-state index is 13.6. The molecule has 1 saturated carbocycles. The molecule has 7 rings (SSSR count).